The number of rotatable bonds is 3. The van der Waals surface area contributed by atoms with Crippen molar-refractivity contribution in [3.63, 3.8) is 0 Å². The Morgan fingerprint density at radius 1 is 1.00 bits per heavy atom. The molecule has 106 valence electrons. The zero-order valence-corrected chi connectivity index (χ0v) is 13.5. The monoisotopic (exact) mass is 361 g/mol. The highest BCUT2D eigenvalue weighted by Gasteiger charge is 2.06. The lowest BCUT2D eigenvalue weighted by atomic mass is 10.1. The lowest BCUT2D eigenvalue weighted by molar-refractivity contribution is 0.307. The summed E-state index contributed by atoms with van der Waals surface area (Å²) in [5, 5.41) is 2.91. The van der Waals surface area contributed by atoms with E-state index in [4.69, 9.17) is 22.1 Å². The smallest absolute Gasteiger partial charge is 0.120 e. The molecule has 0 amide bonds. The predicted molar refractivity (Wildman–Crippen MR) is 91.8 cm³/mol. The highest BCUT2D eigenvalue weighted by atomic mass is 79.9. The van der Waals surface area contributed by atoms with Gasteiger partial charge in [-0.1, -0.05) is 45.7 Å². The number of benzene rings is 3. The van der Waals surface area contributed by atoms with Crippen molar-refractivity contribution in [2.75, 3.05) is 5.73 Å². The van der Waals surface area contributed by atoms with Crippen LogP contribution in [0.1, 0.15) is 5.56 Å². The molecule has 0 saturated carbocycles. The van der Waals surface area contributed by atoms with Crippen LogP contribution in [0.5, 0.6) is 5.75 Å². The molecule has 2 nitrogen and oxygen atoms in total. The molecule has 3 aromatic carbocycles. The van der Waals surface area contributed by atoms with Gasteiger partial charge in [0.1, 0.15) is 12.4 Å². The molecule has 0 aromatic heterocycles. The molecule has 0 aliphatic carbocycles. The van der Waals surface area contributed by atoms with Gasteiger partial charge in [-0.05, 0) is 47.2 Å². The molecular formula is C17H13BrClNO. The molecule has 0 spiro atoms. The summed E-state index contributed by atoms with van der Waals surface area (Å²) in [4.78, 5) is 0. The number of nitrogen functional groups attached to an aromatic ring is 1. The van der Waals surface area contributed by atoms with E-state index in [0.717, 1.165) is 26.6 Å². The third-order valence-electron chi connectivity index (χ3n) is 3.31. The van der Waals surface area contributed by atoms with Gasteiger partial charge in [0.25, 0.3) is 0 Å². The van der Waals surface area contributed by atoms with Gasteiger partial charge in [0.2, 0.25) is 0 Å². The molecule has 2 N–H and O–H groups in total. The molecule has 0 radical (unpaired) electrons. The van der Waals surface area contributed by atoms with E-state index in [1.54, 1.807) is 0 Å². The lowest BCUT2D eigenvalue weighted by Gasteiger charge is -2.11. The molecule has 0 heterocycles. The Balaban J connectivity index is 1.84. The van der Waals surface area contributed by atoms with Crippen LogP contribution in [0.4, 0.5) is 5.69 Å². The Labute approximate surface area is 136 Å². The number of halogens is 2. The van der Waals surface area contributed by atoms with E-state index in [1.165, 1.54) is 0 Å². The number of fused-ring (bicyclic) bond motifs is 1. The van der Waals surface area contributed by atoms with Gasteiger partial charge in [-0.15, -0.1) is 0 Å². The number of hydrogen-bond acceptors (Lipinski definition) is 2. The molecule has 3 rings (SSSR count). The SMILES string of the molecule is Nc1cccc(Cl)c1COc1ccc2cc(Br)ccc2c1. The standard InChI is InChI=1S/C17H13BrClNO/c18-13-6-4-12-9-14(7-5-11(12)8-13)21-10-15-16(19)2-1-3-17(15)20/h1-9H,10,20H2. The van der Waals surface area contributed by atoms with Crippen LogP contribution in [0.25, 0.3) is 10.8 Å². The van der Waals surface area contributed by atoms with Gasteiger partial charge in [0.15, 0.2) is 0 Å². The number of ether oxygens (including phenoxy) is 1. The molecule has 0 fully saturated rings. The van der Waals surface area contributed by atoms with Crippen molar-refractivity contribution in [3.05, 3.63) is 69.7 Å². The average molecular weight is 363 g/mol. The van der Waals surface area contributed by atoms with E-state index in [9.17, 15) is 0 Å². The van der Waals surface area contributed by atoms with Crippen molar-refractivity contribution in [2.45, 2.75) is 6.61 Å². The van der Waals surface area contributed by atoms with Crippen molar-refractivity contribution >= 4 is 44.0 Å². The Morgan fingerprint density at radius 2 is 1.76 bits per heavy atom. The quantitative estimate of drug-likeness (QED) is 0.632. The van der Waals surface area contributed by atoms with Gasteiger partial charge < -0.3 is 10.5 Å². The van der Waals surface area contributed by atoms with Gasteiger partial charge in [-0.2, -0.15) is 0 Å². The normalized spacial score (nSPS) is 10.8. The highest BCUT2D eigenvalue weighted by Crippen LogP contribution is 2.27. The minimum absolute atomic E-state index is 0.355. The first-order chi connectivity index (χ1) is 10.1. The summed E-state index contributed by atoms with van der Waals surface area (Å²) in [6, 6.07) is 17.6. The van der Waals surface area contributed by atoms with Crippen molar-refractivity contribution < 1.29 is 4.74 Å². The van der Waals surface area contributed by atoms with E-state index < -0.39 is 0 Å². The van der Waals surface area contributed by atoms with Gasteiger partial charge in [0.05, 0.1) is 0 Å². The van der Waals surface area contributed by atoms with E-state index in [2.05, 4.69) is 28.1 Å². The predicted octanol–water partition coefficient (Wildman–Crippen LogP) is 5.42. The minimum Gasteiger partial charge on any atom is -0.489 e. The fraction of sp³-hybridized carbons (Fsp3) is 0.0588. The van der Waals surface area contributed by atoms with Crippen LogP contribution < -0.4 is 10.5 Å². The number of nitrogens with two attached hydrogens (primary N) is 1. The average Bonchev–Trinajstić information content (AvgIpc) is 2.47. The topological polar surface area (TPSA) is 35.2 Å². The maximum absolute atomic E-state index is 6.14. The third-order valence-corrected chi connectivity index (χ3v) is 4.16. The van der Waals surface area contributed by atoms with Crippen LogP contribution in [-0.4, -0.2) is 0 Å². The lowest BCUT2D eigenvalue weighted by Crippen LogP contribution is -2.01. The Morgan fingerprint density at radius 3 is 2.57 bits per heavy atom. The molecule has 0 aliphatic rings. The third kappa shape index (κ3) is 3.14. The minimum atomic E-state index is 0.355. The van der Waals surface area contributed by atoms with Crippen LogP contribution in [-0.2, 0) is 6.61 Å². The molecule has 0 saturated heterocycles. The van der Waals surface area contributed by atoms with Crippen molar-refractivity contribution in [2.24, 2.45) is 0 Å². The summed E-state index contributed by atoms with van der Waals surface area (Å²) in [7, 11) is 0. The van der Waals surface area contributed by atoms with Crippen LogP contribution in [0.15, 0.2) is 59.1 Å². The zero-order chi connectivity index (χ0) is 14.8. The molecule has 0 aliphatic heterocycles. The van der Waals surface area contributed by atoms with Gasteiger partial charge in [-0.3, -0.25) is 0 Å². The Kier molecular flexibility index (Phi) is 4.04. The summed E-state index contributed by atoms with van der Waals surface area (Å²) < 4.78 is 6.88. The van der Waals surface area contributed by atoms with E-state index >= 15 is 0 Å². The van der Waals surface area contributed by atoms with Crippen molar-refractivity contribution in [1.82, 2.24) is 0 Å². The summed E-state index contributed by atoms with van der Waals surface area (Å²) in [5.74, 6) is 0.796. The second kappa shape index (κ2) is 5.96. The number of hydrogen-bond donors (Lipinski definition) is 1. The zero-order valence-electron chi connectivity index (χ0n) is 11.1. The van der Waals surface area contributed by atoms with E-state index in [0.29, 0.717) is 17.3 Å². The highest BCUT2D eigenvalue weighted by molar-refractivity contribution is 9.10. The summed E-state index contributed by atoms with van der Waals surface area (Å²) >= 11 is 9.61. The first kappa shape index (κ1) is 14.2. The molecule has 3 aromatic rings. The van der Waals surface area contributed by atoms with E-state index in [-0.39, 0.29) is 0 Å². The number of anilines is 1. The first-order valence-electron chi connectivity index (χ1n) is 6.48. The molecular weight excluding hydrogens is 350 g/mol. The Bertz CT molecular complexity index is 784. The maximum Gasteiger partial charge on any atom is 0.120 e. The van der Waals surface area contributed by atoms with Crippen LogP contribution in [0.3, 0.4) is 0 Å². The maximum atomic E-state index is 6.14. The van der Waals surface area contributed by atoms with Crippen molar-refractivity contribution in [3.8, 4) is 5.75 Å². The molecule has 21 heavy (non-hydrogen) atoms. The van der Waals surface area contributed by atoms with Crippen molar-refractivity contribution in [1.29, 1.82) is 0 Å². The summed E-state index contributed by atoms with van der Waals surface area (Å²) in [5.41, 5.74) is 7.38. The summed E-state index contributed by atoms with van der Waals surface area (Å²) in [6.45, 7) is 0.355. The van der Waals surface area contributed by atoms with E-state index in [1.807, 2.05) is 42.5 Å². The fourth-order valence-electron chi connectivity index (χ4n) is 2.17. The fourth-order valence-corrected chi connectivity index (χ4v) is 2.78. The Hall–Kier alpha value is -1.71. The second-order valence-electron chi connectivity index (χ2n) is 4.75. The molecule has 0 unspecified atom stereocenters. The molecule has 0 bridgehead atoms. The van der Waals surface area contributed by atoms with Crippen LogP contribution in [0.2, 0.25) is 5.02 Å². The summed E-state index contributed by atoms with van der Waals surface area (Å²) in [6.07, 6.45) is 0. The van der Waals surface area contributed by atoms with Crippen LogP contribution in [0, 0.1) is 0 Å². The molecule has 4 heteroatoms. The largest absolute Gasteiger partial charge is 0.489 e. The van der Waals surface area contributed by atoms with Crippen LogP contribution >= 0.6 is 27.5 Å². The van der Waals surface area contributed by atoms with Gasteiger partial charge in [0, 0.05) is 20.7 Å². The van der Waals surface area contributed by atoms with Gasteiger partial charge in [-0.25, -0.2) is 0 Å². The molecule has 0 atom stereocenters. The second-order valence-corrected chi connectivity index (χ2v) is 6.07. The van der Waals surface area contributed by atoms with Gasteiger partial charge >= 0.3 is 0 Å². The first-order valence-corrected chi connectivity index (χ1v) is 7.65.